The van der Waals surface area contributed by atoms with Crippen molar-refractivity contribution < 1.29 is 8.78 Å². The van der Waals surface area contributed by atoms with Crippen molar-refractivity contribution in [2.45, 2.75) is 25.3 Å². The molecule has 0 aromatic heterocycles. The van der Waals surface area contributed by atoms with Gasteiger partial charge in [0, 0.05) is 6.04 Å². The van der Waals surface area contributed by atoms with Crippen molar-refractivity contribution in [3.05, 3.63) is 34.9 Å². The molecule has 1 atom stereocenters. The highest BCUT2D eigenvalue weighted by Gasteiger charge is 2.21. The lowest BCUT2D eigenvalue weighted by Gasteiger charge is -2.22. The minimum Gasteiger partial charge on any atom is -0.324 e. The standard InChI is InChI=1S/C10H11F2N/c11-8-5-4-6-7(10(8)12)2-1-3-9(6)13/h4-5,9H,1-3,13H2/t9-/m1/s1. The van der Waals surface area contributed by atoms with Crippen molar-refractivity contribution in [1.29, 1.82) is 0 Å². The third-order valence-corrected chi connectivity index (χ3v) is 2.57. The SMILES string of the molecule is N[C@@H]1CCCc2c1ccc(F)c2F. The summed E-state index contributed by atoms with van der Waals surface area (Å²) in [6.45, 7) is 0. The summed E-state index contributed by atoms with van der Waals surface area (Å²) in [6.07, 6.45) is 2.30. The van der Waals surface area contributed by atoms with E-state index in [1.54, 1.807) is 6.07 Å². The molecule has 0 amide bonds. The van der Waals surface area contributed by atoms with Gasteiger partial charge >= 0.3 is 0 Å². The molecule has 0 saturated heterocycles. The number of hydrogen-bond acceptors (Lipinski definition) is 1. The molecule has 2 rings (SSSR count). The Kier molecular flexibility index (Phi) is 2.04. The predicted octanol–water partition coefficient (Wildman–Crippen LogP) is 2.30. The second kappa shape index (κ2) is 3.07. The van der Waals surface area contributed by atoms with E-state index in [2.05, 4.69) is 0 Å². The molecule has 1 nitrogen and oxygen atoms in total. The highest BCUT2D eigenvalue weighted by atomic mass is 19.2. The highest BCUT2D eigenvalue weighted by Crippen LogP contribution is 2.30. The van der Waals surface area contributed by atoms with Gasteiger partial charge in [-0.3, -0.25) is 0 Å². The Morgan fingerprint density at radius 1 is 1.31 bits per heavy atom. The van der Waals surface area contributed by atoms with Gasteiger partial charge in [-0.05, 0) is 36.5 Å². The fourth-order valence-corrected chi connectivity index (χ4v) is 1.86. The smallest absolute Gasteiger partial charge is 0.162 e. The second-order valence-electron chi connectivity index (χ2n) is 3.43. The van der Waals surface area contributed by atoms with E-state index in [0.29, 0.717) is 12.0 Å². The summed E-state index contributed by atoms with van der Waals surface area (Å²) < 4.78 is 26.0. The van der Waals surface area contributed by atoms with E-state index in [1.165, 1.54) is 0 Å². The topological polar surface area (TPSA) is 26.0 Å². The molecule has 0 fully saturated rings. The number of nitrogens with two attached hydrogens (primary N) is 1. The van der Waals surface area contributed by atoms with Crippen molar-refractivity contribution in [1.82, 2.24) is 0 Å². The van der Waals surface area contributed by atoms with Crippen molar-refractivity contribution in [3.63, 3.8) is 0 Å². The summed E-state index contributed by atoms with van der Waals surface area (Å²) in [7, 11) is 0. The molecule has 1 aromatic carbocycles. The molecule has 0 unspecified atom stereocenters. The number of rotatable bonds is 0. The molecule has 1 aromatic rings. The van der Waals surface area contributed by atoms with Crippen LogP contribution in [0.2, 0.25) is 0 Å². The van der Waals surface area contributed by atoms with Crippen LogP contribution >= 0.6 is 0 Å². The Labute approximate surface area is 75.6 Å². The van der Waals surface area contributed by atoms with Gasteiger partial charge in [-0.1, -0.05) is 6.07 Å². The van der Waals surface area contributed by atoms with Crippen molar-refractivity contribution >= 4 is 0 Å². The zero-order valence-electron chi connectivity index (χ0n) is 7.19. The zero-order valence-corrected chi connectivity index (χ0v) is 7.19. The number of halogens is 2. The van der Waals surface area contributed by atoms with E-state index in [4.69, 9.17) is 5.73 Å². The van der Waals surface area contributed by atoms with Crippen LogP contribution in [0.3, 0.4) is 0 Å². The Hall–Kier alpha value is -0.960. The van der Waals surface area contributed by atoms with E-state index in [1.807, 2.05) is 0 Å². The summed E-state index contributed by atoms with van der Waals surface area (Å²) >= 11 is 0. The average Bonchev–Trinajstić information content (AvgIpc) is 2.12. The summed E-state index contributed by atoms with van der Waals surface area (Å²) in [5, 5.41) is 0. The van der Waals surface area contributed by atoms with Crippen molar-refractivity contribution in [2.75, 3.05) is 0 Å². The van der Waals surface area contributed by atoms with Crippen LogP contribution in [-0.2, 0) is 6.42 Å². The third kappa shape index (κ3) is 1.33. The van der Waals surface area contributed by atoms with E-state index >= 15 is 0 Å². The normalized spacial score (nSPS) is 21.3. The lowest BCUT2D eigenvalue weighted by atomic mass is 9.88. The molecule has 1 aliphatic carbocycles. The molecule has 0 aliphatic heterocycles. The fourth-order valence-electron chi connectivity index (χ4n) is 1.86. The van der Waals surface area contributed by atoms with Gasteiger partial charge in [0.1, 0.15) is 0 Å². The molecule has 2 N–H and O–H groups in total. The maximum absolute atomic E-state index is 13.2. The largest absolute Gasteiger partial charge is 0.324 e. The number of fused-ring (bicyclic) bond motifs is 1. The molecule has 13 heavy (non-hydrogen) atoms. The Balaban J connectivity index is 2.56. The fraction of sp³-hybridized carbons (Fsp3) is 0.400. The van der Waals surface area contributed by atoms with Crippen LogP contribution in [0.1, 0.15) is 30.0 Å². The predicted molar refractivity (Wildman–Crippen MR) is 46.2 cm³/mol. The quantitative estimate of drug-likeness (QED) is 0.656. The monoisotopic (exact) mass is 183 g/mol. The summed E-state index contributed by atoms with van der Waals surface area (Å²) in [4.78, 5) is 0. The van der Waals surface area contributed by atoms with E-state index < -0.39 is 11.6 Å². The molecule has 0 radical (unpaired) electrons. The van der Waals surface area contributed by atoms with Crippen molar-refractivity contribution in [2.24, 2.45) is 5.73 Å². The lowest BCUT2D eigenvalue weighted by Crippen LogP contribution is -2.18. The lowest BCUT2D eigenvalue weighted by molar-refractivity contribution is 0.474. The molecule has 0 spiro atoms. The van der Waals surface area contributed by atoms with Crippen LogP contribution < -0.4 is 5.73 Å². The molecular weight excluding hydrogens is 172 g/mol. The van der Waals surface area contributed by atoms with Gasteiger partial charge in [-0.2, -0.15) is 0 Å². The first kappa shape index (κ1) is 8.63. The van der Waals surface area contributed by atoms with Gasteiger partial charge in [-0.25, -0.2) is 8.78 Å². The summed E-state index contributed by atoms with van der Waals surface area (Å²) in [5.41, 5.74) is 7.02. The Bertz CT molecular complexity index is 336. The maximum Gasteiger partial charge on any atom is 0.162 e. The first-order valence-corrected chi connectivity index (χ1v) is 4.42. The van der Waals surface area contributed by atoms with Gasteiger partial charge in [-0.15, -0.1) is 0 Å². The van der Waals surface area contributed by atoms with Gasteiger partial charge in [0.05, 0.1) is 0 Å². The molecular formula is C10H11F2N. The molecule has 0 heterocycles. The van der Waals surface area contributed by atoms with Crippen LogP contribution in [0.4, 0.5) is 8.78 Å². The zero-order chi connectivity index (χ0) is 9.42. The Morgan fingerprint density at radius 3 is 2.85 bits per heavy atom. The average molecular weight is 183 g/mol. The van der Waals surface area contributed by atoms with Crippen LogP contribution in [0.15, 0.2) is 12.1 Å². The van der Waals surface area contributed by atoms with Crippen LogP contribution in [0, 0.1) is 11.6 Å². The molecule has 1 aliphatic rings. The van der Waals surface area contributed by atoms with Gasteiger partial charge in [0.2, 0.25) is 0 Å². The maximum atomic E-state index is 13.2. The Morgan fingerprint density at radius 2 is 2.08 bits per heavy atom. The summed E-state index contributed by atoms with van der Waals surface area (Å²) in [6, 6.07) is 2.62. The number of hydrogen-bond donors (Lipinski definition) is 1. The number of benzene rings is 1. The first-order valence-electron chi connectivity index (χ1n) is 4.42. The van der Waals surface area contributed by atoms with E-state index in [-0.39, 0.29) is 6.04 Å². The van der Waals surface area contributed by atoms with Crippen molar-refractivity contribution in [3.8, 4) is 0 Å². The minimum absolute atomic E-state index is 0.126. The molecule has 0 saturated carbocycles. The van der Waals surface area contributed by atoms with Crippen LogP contribution in [0.25, 0.3) is 0 Å². The van der Waals surface area contributed by atoms with Gasteiger partial charge in [0.15, 0.2) is 11.6 Å². The second-order valence-corrected chi connectivity index (χ2v) is 3.43. The van der Waals surface area contributed by atoms with E-state index in [9.17, 15) is 8.78 Å². The molecule has 70 valence electrons. The molecule has 3 heteroatoms. The first-order chi connectivity index (χ1) is 6.20. The minimum atomic E-state index is -0.771. The summed E-state index contributed by atoms with van der Waals surface area (Å²) in [5.74, 6) is -1.49. The van der Waals surface area contributed by atoms with Crippen LogP contribution in [-0.4, -0.2) is 0 Å². The highest BCUT2D eigenvalue weighted by molar-refractivity contribution is 5.33. The molecule has 0 bridgehead atoms. The van der Waals surface area contributed by atoms with E-state index in [0.717, 1.165) is 24.5 Å². The van der Waals surface area contributed by atoms with Gasteiger partial charge < -0.3 is 5.73 Å². The van der Waals surface area contributed by atoms with Gasteiger partial charge in [0.25, 0.3) is 0 Å². The van der Waals surface area contributed by atoms with Crippen LogP contribution in [0.5, 0.6) is 0 Å². The third-order valence-electron chi connectivity index (χ3n) is 2.57.